The van der Waals surface area contributed by atoms with Crippen molar-refractivity contribution in [2.45, 2.75) is 55.1 Å². The Balaban J connectivity index is 2.33. The zero-order chi connectivity index (χ0) is 30.4. The lowest BCUT2D eigenvalue weighted by molar-refractivity contribution is -0.132. The Hall–Kier alpha value is -4.01. The maximum atomic E-state index is 13.6. The van der Waals surface area contributed by atoms with Gasteiger partial charge in [0.1, 0.15) is 18.1 Å². The lowest BCUT2D eigenvalue weighted by Crippen LogP contribution is -2.55. The average molecular weight is 589 g/mol. The Bertz CT molecular complexity index is 1270. The summed E-state index contributed by atoms with van der Waals surface area (Å²) in [5.74, 6) is -2.24. The van der Waals surface area contributed by atoms with Crippen LogP contribution < -0.4 is 33.6 Å². The van der Waals surface area contributed by atoms with Crippen LogP contribution in [-0.2, 0) is 24.4 Å². The van der Waals surface area contributed by atoms with Gasteiger partial charge in [0.2, 0.25) is 27.7 Å². The van der Waals surface area contributed by atoms with Crippen molar-refractivity contribution < 1.29 is 22.8 Å². The monoisotopic (exact) mass is 588 g/mol. The number of hydrogen-bond acceptors (Lipinski definition) is 7. The van der Waals surface area contributed by atoms with Crippen LogP contribution in [0.4, 0.5) is 0 Å². The van der Waals surface area contributed by atoms with Gasteiger partial charge < -0.3 is 33.6 Å². The molecule has 0 saturated heterocycles. The molecule has 224 valence electrons. The van der Waals surface area contributed by atoms with Crippen molar-refractivity contribution in [1.29, 1.82) is 0 Å². The molecule has 0 aliphatic rings. The highest BCUT2D eigenvalue weighted by Crippen LogP contribution is 2.20. The van der Waals surface area contributed by atoms with Crippen LogP contribution in [0.25, 0.3) is 0 Å². The molecule has 14 heteroatoms. The van der Waals surface area contributed by atoms with E-state index in [2.05, 4.69) is 15.6 Å². The van der Waals surface area contributed by atoms with Crippen molar-refractivity contribution in [3.05, 3.63) is 66.2 Å². The Morgan fingerprint density at radius 3 is 2.02 bits per heavy atom. The first-order chi connectivity index (χ1) is 19.5. The first-order valence-corrected chi connectivity index (χ1v) is 14.7. The number of nitrogens with one attached hydrogen (secondary N) is 2. The summed E-state index contributed by atoms with van der Waals surface area (Å²) in [7, 11) is -2.77. The predicted octanol–water partition coefficient (Wildman–Crippen LogP) is -0.314. The number of guanidine groups is 1. The maximum absolute atomic E-state index is 13.6. The molecular formula is C27H40N8O5S. The second kappa shape index (κ2) is 16.3. The molecule has 0 aliphatic heterocycles. The van der Waals surface area contributed by atoms with Gasteiger partial charge in [-0.1, -0.05) is 48.5 Å². The molecule has 13 nitrogen and oxygen atoms in total. The normalized spacial score (nSPS) is 13.5. The van der Waals surface area contributed by atoms with E-state index in [0.29, 0.717) is 24.9 Å². The third-order valence-corrected chi connectivity index (χ3v) is 8.26. The van der Waals surface area contributed by atoms with Gasteiger partial charge in [-0.15, -0.1) is 0 Å². The number of likely N-dealkylation sites (N-methyl/N-ethyl adjacent to an activating group) is 1. The van der Waals surface area contributed by atoms with Gasteiger partial charge in [-0.05, 0) is 56.3 Å². The van der Waals surface area contributed by atoms with Crippen molar-refractivity contribution in [2.24, 2.45) is 27.9 Å². The van der Waals surface area contributed by atoms with Crippen LogP contribution in [0, 0.1) is 0 Å². The molecule has 2 aromatic rings. The standard InChI is InChI=1S/C27H40N8O5S/c1-35(41(39,40)20-13-6-3-7-14-20)22(16-10-18-32-27(30)31)26(38)33-21(15-8-9-17-28)25(37)34-23(24(29)36)19-11-4-2-5-12-19/h2-7,11-14,21-23H,8-10,15-18,28H2,1H3,(H2,29,36)(H,33,38)(H,34,37)(H4,30,31,32)/t21-,22-,23+/m0/s1. The number of rotatable bonds is 17. The summed E-state index contributed by atoms with van der Waals surface area (Å²) >= 11 is 0. The zero-order valence-electron chi connectivity index (χ0n) is 23.1. The molecule has 0 aromatic heterocycles. The average Bonchev–Trinajstić information content (AvgIpc) is 2.95. The Kier molecular flexibility index (Phi) is 13.2. The summed E-state index contributed by atoms with van der Waals surface area (Å²) < 4.78 is 27.7. The summed E-state index contributed by atoms with van der Waals surface area (Å²) in [5, 5.41) is 5.31. The number of amides is 3. The molecule has 3 amide bonds. The highest BCUT2D eigenvalue weighted by atomic mass is 32.2. The number of carbonyl (C=O) groups excluding carboxylic acids is 3. The minimum absolute atomic E-state index is 0.00826. The molecule has 0 aliphatic carbocycles. The highest BCUT2D eigenvalue weighted by molar-refractivity contribution is 7.89. The Labute approximate surface area is 240 Å². The van der Waals surface area contributed by atoms with E-state index >= 15 is 0 Å². The van der Waals surface area contributed by atoms with E-state index in [1.54, 1.807) is 48.5 Å². The topological polar surface area (TPSA) is 229 Å². The lowest BCUT2D eigenvalue weighted by Gasteiger charge is -2.29. The van der Waals surface area contributed by atoms with E-state index < -0.39 is 45.9 Å². The summed E-state index contributed by atoms with van der Waals surface area (Å²) in [6, 6.07) is 12.7. The minimum Gasteiger partial charge on any atom is -0.370 e. The number of sulfonamides is 1. The van der Waals surface area contributed by atoms with E-state index in [9.17, 15) is 22.8 Å². The molecule has 3 atom stereocenters. The van der Waals surface area contributed by atoms with Gasteiger partial charge in [0.15, 0.2) is 5.96 Å². The Morgan fingerprint density at radius 2 is 1.46 bits per heavy atom. The smallest absolute Gasteiger partial charge is 0.244 e. The largest absolute Gasteiger partial charge is 0.370 e. The number of hydrogen-bond donors (Lipinski definition) is 6. The van der Waals surface area contributed by atoms with Crippen molar-refractivity contribution in [2.75, 3.05) is 20.1 Å². The predicted molar refractivity (Wildman–Crippen MR) is 156 cm³/mol. The first kappa shape index (κ1) is 33.2. The highest BCUT2D eigenvalue weighted by Gasteiger charge is 2.35. The molecule has 0 bridgehead atoms. The van der Waals surface area contributed by atoms with Gasteiger partial charge >= 0.3 is 0 Å². The number of primary amides is 1. The van der Waals surface area contributed by atoms with E-state index in [1.165, 1.54) is 19.2 Å². The molecule has 10 N–H and O–H groups in total. The first-order valence-electron chi connectivity index (χ1n) is 13.2. The molecule has 0 heterocycles. The van der Waals surface area contributed by atoms with E-state index in [4.69, 9.17) is 22.9 Å². The maximum Gasteiger partial charge on any atom is 0.244 e. The van der Waals surface area contributed by atoms with Crippen molar-refractivity contribution >= 4 is 33.7 Å². The second-order valence-electron chi connectivity index (χ2n) is 9.40. The molecular weight excluding hydrogens is 548 g/mol. The molecule has 0 saturated carbocycles. The van der Waals surface area contributed by atoms with Crippen LogP contribution in [0.1, 0.15) is 43.7 Å². The number of nitrogens with two attached hydrogens (primary N) is 4. The molecule has 0 spiro atoms. The van der Waals surface area contributed by atoms with Gasteiger partial charge in [0.25, 0.3) is 0 Å². The fraction of sp³-hybridized carbons (Fsp3) is 0.407. The molecule has 2 aromatic carbocycles. The van der Waals surface area contributed by atoms with Crippen LogP contribution in [0.3, 0.4) is 0 Å². The molecule has 2 rings (SSSR count). The van der Waals surface area contributed by atoms with Gasteiger partial charge in [-0.25, -0.2) is 8.42 Å². The van der Waals surface area contributed by atoms with Crippen molar-refractivity contribution in [1.82, 2.24) is 14.9 Å². The van der Waals surface area contributed by atoms with Crippen LogP contribution in [0.15, 0.2) is 70.6 Å². The SMILES string of the molecule is CN([C@@H](CCCN=C(N)N)C(=O)N[C@@H](CCCCN)C(=O)N[C@@H](C(N)=O)c1ccccc1)S(=O)(=O)c1ccccc1. The van der Waals surface area contributed by atoms with E-state index in [1.807, 2.05) is 0 Å². The second-order valence-corrected chi connectivity index (χ2v) is 11.4. The lowest BCUT2D eigenvalue weighted by atomic mass is 10.0. The van der Waals surface area contributed by atoms with Crippen LogP contribution in [0.5, 0.6) is 0 Å². The van der Waals surface area contributed by atoms with Gasteiger partial charge in [-0.3, -0.25) is 19.4 Å². The molecule has 0 radical (unpaired) electrons. The number of benzene rings is 2. The Morgan fingerprint density at radius 1 is 0.854 bits per heavy atom. The van der Waals surface area contributed by atoms with Gasteiger partial charge in [-0.2, -0.15) is 4.31 Å². The van der Waals surface area contributed by atoms with E-state index in [0.717, 1.165) is 4.31 Å². The van der Waals surface area contributed by atoms with Crippen LogP contribution in [0.2, 0.25) is 0 Å². The van der Waals surface area contributed by atoms with Crippen molar-refractivity contribution in [3.8, 4) is 0 Å². The van der Waals surface area contributed by atoms with Crippen molar-refractivity contribution in [3.63, 3.8) is 0 Å². The third kappa shape index (κ3) is 10.2. The van der Waals surface area contributed by atoms with Crippen LogP contribution >= 0.6 is 0 Å². The third-order valence-electron chi connectivity index (χ3n) is 6.38. The molecule has 0 fully saturated rings. The van der Waals surface area contributed by atoms with Gasteiger partial charge in [0, 0.05) is 13.6 Å². The number of unbranched alkanes of at least 4 members (excludes halogenated alkanes) is 1. The van der Waals surface area contributed by atoms with Crippen LogP contribution in [-0.4, -0.2) is 68.6 Å². The fourth-order valence-electron chi connectivity index (χ4n) is 4.13. The zero-order valence-corrected chi connectivity index (χ0v) is 23.9. The summed E-state index contributed by atoms with van der Waals surface area (Å²) in [5.41, 5.74) is 22.4. The summed E-state index contributed by atoms with van der Waals surface area (Å²) in [4.78, 5) is 43.1. The van der Waals surface area contributed by atoms with Gasteiger partial charge in [0.05, 0.1) is 4.90 Å². The van der Waals surface area contributed by atoms with E-state index in [-0.39, 0.29) is 36.7 Å². The summed E-state index contributed by atoms with van der Waals surface area (Å²) in [6.07, 6.45) is 1.63. The molecule has 0 unspecified atom stereocenters. The molecule has 41 heavy (non-hydrogen) atoms. The summed E-state index contributed by atoms with van der Waals surface area (Å²) in [6.45, 7) is 0.546. The number of aliphatic imine (C=N–C) groups is 1. The minimum atomic E-state index is -4.07. The number of carbonyl (C=O) groups is 3. The quantitative estimate of drug-likeness (QED) is 0.0813. The fourth-order valence-corrected chi connectivity index (χ4v) is 5.50. The number of nitrogens with zero attached hydrogens (tertiary/aromatic N) is 2.